The van der Waals surface area contributed by atoms with E-state index in [1.165, 1.54) is 18.4 Å². The molecule has 0 saturated carbocycles. The van der Waals surface area contributed by atoms with Gasteiger partial charge in [0.15, 0.2) is 0 Å². The van der Waals surface area contributed by atoms with Crippen molar-refractivity contribution in [3.8, 4) is 11.5 Å². The molecular weight excluding hydrogens is 381 g/mol. The van der Waals surface area contributed by atoms with Gasteiger partial charge in [0.05, 0.1) is 19.9 Å². The number of halogens is 1. The Morgan fingerprint density at radius 2 is 1.77 bits per heavy atom. The van der Waals surface area contributed by atoms with E-state index in [1.54, 1.807) is 26.4 Å². The number of piperazine rings is 1. The predicted octanol–water partition coefficient (Wildman–Crippen LogP) is 3.63. The van der Waals surface area contributed by atoms with Crippen LogP contribution in [0.2, 0.25) is 0 Å². The van der Waals surface area contributed by atoms with E-state index in [4.69, 9.17) is 9.47 Å². The first-order chi connectivity index (χ1) is 14.7. The summed E-state index contributed by atoms with van der Waals surface area (Å²) in [6.45, 7) is 6.74. The van der Waals surface area contributed by atoms with Crippen LogP contribution in [-0.4, -0.2) is 69.3 Å². The topological polar surface area (TPSA) is 28.2 Å². The standard InChI is InChI=1S/C24H32FN3O2/c1-29-21-9-10-24(30-2)19(16-21)17-26-11-5-6-20(18-26)27-12-14-28(15-13-27)23-8-4-3-7-22(23)25/h3-4,7-10,16,20H,5-6,11-15,17-18H2,1-2H3. The number of nitrogens with zero attached hydrogens (tertiary/aromatic N) is 3. The molecule has 0 spiro atoms. The highest BCUT2D eigenvalue weighted by Gasteiger charge is 2.29. The summed E-state index contributed by atoms with van der Waals surface area (Å²) < 4.78 is 25.1. The monoisotopic (exact) mass is 413 g/mol. The van der Waals surface area contributed by atoms with Crippen molar-refractivity contribution in [3.63, 3.8) is 0 Å². The Morgan fingerprint density at radius 1 is 0.967 bits per heavy atom. The lowest BCUT2D eigenvalue weighted by molar-refractivity contribution is 0.0882. The Bertz CT molecular complexity index is 839. The molecule has 0 amide bonds. The van der Waals surface area contributed by atoms with Crippen molar-refractivity contribution >= 4 is 5.69 Å². The number of anilines is 1. The molecule has 30 heavy (non-hydrogen) atoms. The number of methoxy groups -OCH3 is 2. The van der Waals surface area contributed by atoms with Gasteiger partial charge in [0.2, 0.25) is 0 Å². The smallest absolute Gasteiger partial charge is 0.146 e. The first-order valence-corrected chi connectivity index (χ1v) is 10.8. The first-order valence-electron chi connectivity index (χ1n) is 10.8. The van der Waals surface area contributed by atoms with E-state index in [0.717, 1.165) is 63.0 Å². The quantitative estimate of drug-likeness (QED) is 0.721. The summed E-state index contributed by atoms with van der Waals surface area (Å²) in [5, 5.41) is 0. The fraction of sp³-hybridized carbons (Fsp3) is 0.500. The highest BCUT2D eigenvalue weighted by molar-refractivity contribution is 5.48. The molecule has 6 heteroatoms. The third-order valence-corrected chi connectivity index (χ3v) is 6.39. The Morgan fingerprint density at radius 3 is 2.50 bits per heavy atom. The van der Waals surface area contributed by atoms with Gasteiger partial charge in [0.25, 0.3) is 0 Å². The van der Waals surface area contributed by atoms with Gasteiger partial charge in [-0.05, 0) is 49.7 Å². The van der Waals surface area contributed by atoms with E-state index in [2.05, 4.69) is 20.8 Å². The summed E-state index contributed by atoms with van der Waals surface area (Å²) in [6.07, 6.45) is 2.43. The summed E-state index contributed by atoms with van der Waals surface area (Å²) in [5.41, 5.74) is 1.90. The molecule has 0 bridgehead atoms. The maximum atomic E-state index is 14.1. The zero-order valence-corrected chi connectivity index (χ0v) is 18.0. The molecule has 1 unspecified atom stereocenters. The zero-order valence-electron chi connectivity index (χ0n) is 18.0. The molecule has 2 heterocycles. The van der Waals surface area contributed by atoms with Crippen molar-refractivity contribution in [2.45, 2.75) is 25.4 Å². The first kappa shape index (κ1) is 20.9. The van der Waals surface area contributed by atoms with Gasteiger partial charge in [-0.15, -0.1) is 0 Å². The van der Waals surface area contributed by atoms with E-state index in [-0.39, 0.29) is 5.82 Å². The van der Waals surface area contributed by atoms with E-state index in [0.29, 0.717) is 6.04 Å². The SMILES string of the molecule is COc1ccc(OC)c(CN2CCCC(N3CCN(c4ccccc4F)CC3)C2)c1. The molecule has 0 N–H and O–H groups in total. The fourth-order valence-electron chi connectivity index (χ4n) is 4.76. The lowest BCUT2D eigenvalue weighted by atomic mass is 10.0. The van der Waals surface area contributed by atoms with Crippen LogP contribution in [0, 0.1) is 5.82 Å². The van der Waals surface area contributed by atoms with Crippen LogP contribution < -0.4 is 14.4 Å². The maximum absolute atomic E-state index is 14.1. The van der Waals surface area contributed by atoms with Crippen molar-refractivity contribution in [1.29, 1.82) is 0 Å². The summed E-state index contributed by atoms with van der Waals surface area (Å²) in [4.78, 5) is 7.29. The number of para-hydroxylation sites is 1. The van der Waals surface area contributed by atoms with Gasteiger partial charge in [-0.25, -0.2) is 4.39 Å². The Labute approximate surface area is 179 Å². The van der Waals surface area contributed by atoms with E-state index < -0.39 is 0 Å². The van der Waals surface area contributed by atoms with Gasteiger partial charge in [-0.3, -0.25) is 9.80 Å². The van der Waals surface area contributed by atoms with Crippen molar-refractivity contribution in [2.24, 2.45) is 0 Å². The van der Waals surface area contributed by atoms with Gasteiger partial charge in [0.1, 0.15) is 17.3 Å². The zero-order chi connectivity index (χ0) is 20.9. The Balaban J connectivity index is 1.35. The van der Waals surface area contributed by atoms with Gasteiger partial charge in [0, 0.05) is 50.9 Å². The molecule has 2 fully saturated rings. The van der Waals surface area contributed by atoms with E-state index >= 15 is 0 Å². The molecule has 0 aromatic heterocycles. The van der Waals surface area contributed by atoms with Crippen molar-refractivity contribution in [1.82, 2.24) is 9.80 Å². The molecule has 2 aliphatic heterocycles. The number of ether oxygens (including phenoxy) is 2. The van der Waals surface area contributed by atoms with Crippen LogP contribution in [0.4, 0.5) is 10.1 Å². The summed E-state index contributed by atoms with van der Waals surface area (Å²) in [5.74, 6) is 1.65. The molecule has 162 valence electrons. The van der Waals surface area contributed by atoms with Crippen molar-refractivity contribution in [3.05, 3.63) is 53.8 Å². The third-order valence-electron chi connectivity index (χ3n) is 6.39. The van der Waals surface area contributed by atoms with E-state index in [9.17, 15) is 4.39 Å². The Hall–Kier alpha value is -2.31. The summed E-state index contributed by atoms with van der Waals surface area (Å²) in [6, 6.07) is 13.7. The number of benzene rings is 2. The van der Waals surface area contributed by atoms with Crippen LogP contribution in [0.25, 0.3) is 0 Å². The Kier molecular flexibility index (Phi) is 6.75. The van der Waals surface area contributed by atoms with Gasteiger partial charge in [-0.2, -0.15) is 0 Å². The predicted molar refractivity (Wildman–Crippen MR) is 118 cm³/mol. The third kappa shape index (κ3) is 4.71. The highest BCUT2D eigenvalue weighted by atomic mass is 19.1. The van der Waals surface area contributed by atoms with E-state index in [1.807, 2.05) is 24.3 Å². The average molecular weight is 414 g/mol. The molecule has 5 nitrogen and oxygen atoms in total. The largest absolute Gasteiger partial charge is 0.497 e. The van der Waals surface area contributed by atoms with Crippen LogP contribution >= 0.6 is 0 Å². The normalized spacial score (nSPS) is 20.9. The highest BCUT2D eigenvalue weighted by Crippen LogP contribution is 2.28. The molecule has 0 radical (unpaired) electrons. The van der Waals surface area contributed by atoms with Gasteiger partial charge in [-0.1, -0.05) is 12.1 Å². The molecular formula is C24H32FN3O2. The number of hydrogen-bond donors (Lipinski definition) is 0. The second-order valence-corrected chi connectivity index (χ2v) is 8.18. The van der Waals surface area contributed by atoms with Crippen LogP contribution in [0.3, 0.4) is 0 Å². The lowest BCUT2D eigenvalue weighted by Gasteiger charge is -2.44. The van der Waals surface area contributed by atoms with Crippen LogP contribution in [0.5, 0.6) is 11.5 Å². The lowest BCUT2D eigenvalue weighted by Crippen LogP contribution is -2.55. The minimum absolute atomic E-state index is 0.123. The fourth-order valence-corrected chi connectivity index (χ4v) is 4.76. The number of rotatable bonds is 6. The maximum Gasteiger partial charge on any atom is 0.146 e. The van der Waals surface area contributed by atoms with Crippen LogP contribution in [0.1, 0.15) is 18.4 Å². The molecule has 2 saturated heterocycles. The minimum Gasteiger partial charge on any atom is -0.497 e. The van der Waals surface area contributed by atoms with Crippen LogP contribution in [-0.2, 0) is 6.54 Å². The minimum atomic E-state index is -0.123. The van der Waals surface area contributed by atoms with Crippen molar-refractivity contribution in [2.75, 3.05) is 58.4 Å². The van der Waals surface area contributed by atoms with Crippen molar-refractivity contribution < 1.29 is 13.9 Å². The molecule has 1 atom stereocenters. The molecule has 2 aliphatic rings. The average Bonchev–Trinajstić information content (AvgIpc) is 2.80. The second-order valence-electron chi connectivity index (χ2n) is 8.18. The molecule has 4 rings (SSSR count). The summed E-state index contributed by atoms with van der Waals surface area (Å²) in [7, 11) is 3.42. The molecule has 2 aromatic rings. The number of likely N-dealkylation sites (tertiary alicyclic amines) is 1. The van der Waals surface area contributed by atoms with Crippen LogP contribution in [0.15, 0.2) is 42.5 Å². The second kappa shape index (κ2) is 9.67. The summed E-state index contributed by atoms with van der Waals surface area (Å²) >= 11 is 0. The molecule has 2 aromatic carbocycles. The number of hydrogen-bond acceptors (Lipinski definition) is 5. The number of piperidine rings is 1. The van der Waals surface area contributed by atoms with Gasteiger partial charge >= 0.3 is 0 Å². The van der Waals surface area contributed by atoms with Gasteiger partial charge < -0.3 is 14.4 Å². The molecule has 0 aliphatic carbocycles.